The van der Waals surface area contributed by atoms with Crippen LogP contribution in [0.25, 0.3) is 0 Å². The fraction of sp³-hybridized carbons (Fsp3) is 0.833. The van der Waals surface area contributed by atoms with E-state index < -0.39 is 17.9 Å². The Labute approximate surface area is 106 Å². The molecule has 0 spiro atoms. The smallest absolute Gasteiger partial charge is 0.435 e. The van der Waals surface area contributed by atoms with E-state index in [0.29, 0.717) is 12.8 Å². The number of rotatable bonds is 3. The van der Waals surface area contributed by atoms with Crippen LogP contribution in [0.1, 0.15) is 33.6 Å². The number of ether oxygens (including phenoxy) is 4. The second kappa shape index (κ2) is 4.76. The van der Waals surface area contributed by atoms with Gasteiger partial charge < -0.3 is 18.9 Å². The summed E-state index contributed by atoms with van der Waals surface area (Å²) in [5, 5.41) is 0. The monoisotopic (exact) mass is 258 g/mol. The molecular weight excluding hydrogens is 240 g/mol. The average molecular weight is 258 g/mol. The molecule has 18 heavy (non-hydrogen) atoms. The van der Waals surface area contributed by atoms with E-state index in [0.717, 1.165) is 0 Å². The highest BCUT2D eigenvalue weighted by Crippen LogP contribution is 2.29. The van der Waals surface area contributed by atoms with Gasteiger partial charge in [0.2, 0.25) is 6.29 Å². The van der Waals surface area contributed by atoms with Crippen molar-refractivity contribution < 1.29 is 28.5 Å². The third-order valence-electron chi connectivity index (χ3n) is 3.46. The van der Waals surface area contributed by atoms with Gasteiger partial charge in [-0.05, 0) is 20.3 Å². The number of hydrogen-bond donors (Lipinski definition) is 0. The van der Waals surface area contributed by atoms with Crippen molar-refractivity contribution in [1.82, 2.24) is 0 Å². The molecule has 0 bridgehead atoms. The molecule has 102 valence electrons. The Morgan fingerprint density at radius 1 is 1.39 bits per heavy atom. The van der Waals surface area contributed by atoms with Crippen molar-refractivity contribution >= 4 is 12.1 Å². The molecular formula is C12H18O6. The summed E-state index contributed by atoms with van der Waals surface area (Å²) in [4.78, 5) is 22.8. The Bertz CT molecular complexity index is 350. The van der Waals surface area contributed by atoms with Gasteiger partial charge in [-0.3, -0.25) is 4.79 Å². The third-order valence-corrected chi connectivity index (χ3v) is 3.46. The van der Waals surface area contributed by atoms with E-state index in [1.807, 2.05) is 20.8 Å². The van der Waals surface area contributed by atoms with Gasteiger partial charge in [-0.2, -0.15) is 0 Å². The van der Waals surface area contributed by atoms with Crippen LogP contribution in [0.2, 0.25) is 0 Å². The van der Waals surface area contributed by atoms with Gasteiger partial charge in [0, 0.05) is 0 Å². The van der Waals surface area contributed by atoms with Crippen molar-refractivity contribution in [3.63, 3.8) is 0 Å². The van der Waals surface area contributed by atoms with E-state index in [2.05, 4.69) is 0 Å². The summed E-state index contributed by atoms with van der Waals surface area (Å²) in [5.74, 6) is -0.307. The molecule has 6 heteroatoms. The van der Waals surface area contributed by atoms with E-state index in [4.69, 9.17) is 18.9 Å². The molecule has 0 aromatic heterocycles. The van der Waals surface area contributed by atoms with Gasteiger partial charge in [-0.1, -0.05) is 6.92 Å². The molecule has 2 saturated heterocycles. The Morgan fingerprint density at radius 2 is 2.06 bits per heavy atom. The molecule has 0 aliphatic carbocycles. The molecule has 0 N–H and O–H groups in total. The van der Waals surface area contributed by atoms with E-state index in [9.17, 15) is 9.59 Å². The summed E-state index contributed by atoms with van der Waals surface area (Å²) in [7, 11) is 0. The summed E-state index contributed by atoms with van der Waals surface area (Å²) in [6, 6.07) is 0. The lowest BCUT2D eigenvalue weighted by Gasteiger charge is -2.30. The van der Waals surface area contributed by atoms with Crippen LogP contribution in [-0.2, 0) is 23.7 Å². The number of fused-ring (bicyclic) bond motifs is 1. The van der Waals surface area contributed by atoms with Crippen LogP contribution in [0.5, 0.6) is 0 Å². The zero-order valence-corrected chi connectivity index (χ0v) is 10.8. The van der Waals surface area contributed by atoms with E-state index in [1.165, 1.54) is 0 Å². The molecule has 6 nitrogen and oxygen atoms in total. The first-order valence-electron chi connectivity index (χ1n) is 6.12. The van der Waals surface area contributed by atoms with Gasteiger partial charge in [0.15, 0.2) is 12.2 Å². The van der Waals surface area contributed by atoms with Crippen molar-refractivity contribution in [2.75, 3.05) is 6.61 Å². The molecule has 2 aliphatic heterocycles. The maximum absolute atomic E-state index is 11.9. The fourth-order valence-corrected chi connectivity index (χ4v) is 1.73. The highest BCUT2D eigenvalue weighted by atomic mass is 16.8. The molecule has 0 amide bonds. The van der Waals surface area contributed by atoms with Crippen LogP contribution in [0.15, 0.2) is 0 Å². The Hall–Kier alpha value is -1.30. The van der Waals surface area contributed by atoms with E-state index in [-0.39, 0.29) is 24.8 Å². The summed E-state index contributed by atoms with van der Waals surface area (Å²) >= 11 is 0. The standard InChI is InChI=1S/C12H18O6/c1-4-12(2,3)10(13)18-9-5-7-8(6-15-9)17-11(14)16-7/h7-9H,4-6H2,1-3H3. The minimum absolute atomic E-state index is 0.195. The SMILES string of the molecule is CCC(C)(C)C(=O)OC1CC2OC(=O)OC2CO1. The second-order valence-electron chi connectivity index (χ2n) is 5.20. The normalized spacial score (nSPS) is 31.3. The molecule has 0 aromatic rings. The molecule has 0 saturated carbocycles. The summed E-state index contributed by atoms with van der Waals surface area (Å²) in [5.41, 5.74) is -0.539. The van der Waals surface area contributed by atoms with Crippen LogP contribution in [0.4, 0.5) is 4.79 Å². The van der Waals surface area contributed by atoms with Crippen LogP contribution >= 0.6 is 0 Å². The lowest BCUT2D eigenvalue weighted by Crippen LogP contribution is -2.42. The van der Waals surface area contributed by atoms with Gasteiger partial charge in [-0.15, -0.1) is 0 Å². The number of carbonyl (C=O) groups excluding carboxylic acids is 2. The minimum Gasteiger partial charge on any atom is -0.435 e. The molecule has 2 aliphatic rings. The second-order valence-corrected chi connectivity index (χ2v) is 5.20. The van der Waals surface area contributed by atoms with Crippen molar-refractivity contribution in [3.8, 4) is 0 Å². The predicted molar refractivity (Wildman–Crippen MR) is 59.7 cm³/mol. The van der Waals surface area contributed by atoms with Gasteiger partial charge in [0.25, 0.3) is 0 Å². The van der Waals surface area contributed by atoms with Gasteiger partial charge in [-0.25, -0.2) is 4.79 Å². The first kappa shape index (κ1) is 13.1. The third kappa shape index (κ3) is 2.58. The quantitative estimate of drug-likeness (QED) is 0.716. The topological polar surface area (TPSA) is 71.1 Å². The first-order valence-corrected chi connectivity index (χ1v) is 6.12. The highest BCUT2D eigenvalue weighted by Gasteiger charge is 2.44. The van der Waals surface area contributed by atoms with Crippen LogP contribution in [0, 0.1) is 5.41 Å². The number of carbonyl (C=O) groups is 2. The molecule has 2 fully saturated rings. The van der Waals surface area contributed by atoms with Gasteiger partial charge in [0.05, 0.1) is 18.4 Å². The zero-order chi connectivity index (χ0) is 13.3. The molecule has 3 atom stereocenters. The molecule has 2 rings (SSSR count). The predicted octanol–water partition coefficient (Wildman–Crippen LogP) is 1.62. The lowest BCUT2D eigenvalue weighted by atomic mass is 9.90. The summed E-state index contributed by atoms with van der Waals surface area (Å²) < 4.78 is 20.5. The summed E-state index contributed by atoms with van der Waals surface area (Å²) in [6.45, 7) is 5.76. The summed E-state index contributed by atoms with van der Waals surface area (Å²) in [6.07, 6.45) is -1.11. The molecule has 2 heterocycles. The number of esters is 1. The Kier molecular flexibility index (Phi) is 3.47. The Balaban J connectivity index is 1.89. The Morgan fingerprint density at radius 3 is 2.72 bits per heavy atom. The van der Waals surface area contributed by atoms with E-state index in [1.54, 1.807) is 0 Å². The first-order chi connectivity index (χ1) is 8.42. The van der Waals surface area contributed by atoms with E-state index >= 15 is 0 Å². The van der Waals surface area contributed by atoms with Crippen molar-refractivity contribution in [3.05, 3.63) is 0 Å². The largest absolute Gasteiger partial charge is 0.509 e. The van der Waals surface area contributed by atoms with Crippen LogP contribution in [-0.4, -0.2) is 37.2 Å². The molecule has 3 unspecified atom stereocenters. The highest BCUT2D eigenvalue weighted by molar-refractivity contribution is 5.75. The molecule has 0 radical (unpaired) electrons. The average Bonchev–Trinajstić information content (AvgIpc) is 2.68. The number of hydrogen-bond acceptors (Lipinski definition) is 6. The molecule has 0 aromatic carbocycles. The zero-order valence-electron chi connectivity index (χ0n) is 10.8. The van der Waals surface area contributed by atoms with Gasteiger partial charge in [0.1, 0.15) is 0 Å². The fourth-order valence-electron chi connectivity index (χ4n) is 1.73. The van der Waals surface area contributed by atoms with Crippen LogP contribution in [0.3, 0.4) is 0 Å². The van der Waals surface area contributed by atoms with Gasteiger partial charge >= 0.3 is 12.1 Å². The minimum atomic E-state index is -0.686. The van der Waals surface area contributed by atoms with Crippen molar-refractivity contribution in [1.29, 1.82) is 0 Å². The lowest BCUT2D eigenvalue weighted by molar-refractivity contribution is -0.211. The van der Waals surface area contributed by atoms with Crippen LogP contribution < -0.4 is 0 Å². The maximum Gasteiger partial charge on any atom is 0.509 e. The van der Waals surface area contributed by atoms with Crippen molar-refractivity contribution in [2.45, 2.75) is 52.1 Å². The maximum atomic E-state index is 11.9. The van der Waals surface area contributed by atoms with Crippen molar-refractivity contribution in [2.24, 2.45) is 5.41 Å².